The fraction of sp³-hybridized carbons (Fsp3) is 0. The highest BCUT2D eigenvalue weighted by atomic mass is 14.7. The molecule has 2 rings (SSSR count). The lowest BCUT2D eigenvalue weighted by Gasteiger charge is -2.09. The Morgan fingerprint density at radius 1 is 0.812 bits per heavy atom. The van der Waals surface area contributed by atoms with Crippen molar-refractivity contribution in [2.45, 2.75) is 0 Å². The molecule has 4 N–H and O–H groups in total. The number of rotatable bonds is 0. The first-order valence-electron chi connectivity index (χ1n) is 4.60. The van der Waals surface area contributed by atoms with Crippen LogP contribution in [0.5, 0.6) is 0 Å². The van der Waals surface area contributed by atoms with E-state index in [0.29, 0.717) is 16.5 Å². The van der Waals surface area contributed by atoms with Crippen LogP contribution in [0.1, 0.15) is 11.1 Å². The molecule has 0 radical (unpaired) electrons. The van der Waals surface area contributed by atoms with Crippen molar-refractivity contribution in [3.8, 4) is 12.1 Å². The number of hydrogen-bond acceptors (Lipinski definition) is 4. The lowest BCUT2D eigenvalue weighted by atomic mass is 9.97. The zero-order valence-corrected chi connectivity index (χ0v) is 8.36. The summed E-state index contributed by atoms with van der Waals surface area (Å²) in [5, 5.41) is 19.4. The molecule has 0 saturated carbocycles. The van der Waals surface area contributed by atoms with Crippen LogP contribution >= 0.6 is 0 Å². The second kappa shape index (κ2) is 3.45. The zero-order chi connectivity index (χ0) is 11.7. The molecule has 0 aliphatic carbocycles. The lowest BCUT2D eigenvalue weighted by molar-refractivity contribution is 1.45. The van der Waals surface area contributed by atoms with Crippen LogP contribution in [0, 0.1) is 22.7 Å². The standard InChI is InChI=1S/C12H8N4/c13-5-9-7-3-1-2-4-8(7)11(15)12(16)10(9)6-14/h1-4H,15-16H2. The summed E-state index contributed by atoms with van der Waals surface area (Å²) in [7, 11) is 0. The molecule has 16 heavy (non-hydrogen) atoms. The maximum Gasteiger partial charge on any atom is 0.103 e. The highest BCUT2D eigenvalue weighted by molar-refractivity contribution is 6.04. The average Bonchev–Trinajstić information content (AvgIpc) is 2.33. The zero-order valence-electron chi connectivity index (χ0n) is 8.36. The molecule has 4 nitrogen and oxygen atoms in total. The predicted molar refractivity (Wildman–Crippen MR) is 62.2 cm³/mol. The van der Waals surface area contributed by atoms with Crippen molar-refractivity contribution in [2.24, 2.45) is 0 Å². The number of nitrogens with zero attached hydrogens (tertiary/aromatic N) is 2. The van der Waals surface area contributed by atoms with E-state index in [-0.39, 0.29) is 16.8 Å². The van der Waals surface area contributed by atoms with Gasteiger partial charge in [-0.3, -0.25) is 0 Å². The second-order valence-corrected chi connectivity index (χ2v) is 3.35. The van der Waals surface area contributed by atoms with Crippen molar-refractivity contribution in [1.29, 1.82) is 10.5 Å². The Morgan fingerprint density at radius 2 is 1.38 bits per heavy atom. The molecule has 0 spiro atoms. The largest absolute Gasteiger partial charge is 0.397 e. The van der Waals surface area contributed by atoms with Gasteiger partial charge in [0.2, 0.25) is 0 Å². The summed E-state index contributed by atoms with van der Waals surface area (Å²) in [6.45, 7) is 0. The van der Waals surface area contributed by atoms with E-state index in [2.05, 4.69) is 0 Å². The van der Waals surface area contributed by atoms with E-state index in [9.17, 15) is 0 Å². The van der Waals surface area contributed by atoms with Crippen molar-refractivity contribution in [2.75, 3.05) is 11.5 Å². The summed E-state index contributed by atoms with van der Waals surface area (Å²) >= 11 is 0. The molecular formula is C12H8N4. The van der Waals surface area contributed by atoms with Crippen LogP contribution < -0.4 is 11.5 Å². The number of nitriles is 2. The van der Waals surface area contributed by atoms with E-state index in [4.69, 9.17) is 22.0 Å². The van der Waals surface area contributed by atoms with Gasteiger partial charge >= 0.3 is 0 Å². The molecule has 2 aromatic rings. The highest BCUT2D eigenvalue weighted by Crippen LogP contribution is 2.33. The van der Waals surface area contributed by atoms with E-state index in [1.165, 1.54) is 0 Å². The van der Waals surface area contributed by atoms with E-state index in [1.807, 2.05) is 18.2 Å². The Bertz CT molecular complexity index is 659. The van der Waals surface area contributed by atoms with Crippen LogP contribution in [0.4, 0.5) is 11.4 Å². The van der Waals surface area contributed by atoms with Crippen LogP contribution in [-0.4, -0.2) is 0 Å². The third-order valence-electron chi connectivity index (χ3n) is 2.52. The van der Waals surface area contributed by atoms with Gasteiger partial charge in [-0.15, -0.1) is 0 Å². The van der Waals surface area contributed by atoms with Gasteiger partial charge in [0.25, 0.3) is 0 Å². The quantitative estimate of drug-likeness (QED) is 0.644. The minimum atomic E-state index is 0.152. The second-order valence-electron chi connectivity index (χ2n) is 3.35. The van der Waals surface area contributed by atoms with Gasteiger partial charge < -0.3 is 11.5 Å². The van der Waals surface area contributed by atoms with Gasteiger partial charge in [0, 0.05) is 10.8 Å². The first-order chi connectivity index (χ1) is 7.70. The first-order valence-corrected chi connectivity index (χ1v) is 4.60. The van der Waals surface area contributed by atoms with E-state index in [0.717, 1.165) is 0 Å². The molecule has 0 heterocycles. The molecule has 0 fully saturated rings. The molecule has 0 saturated heterocycles. The van der Waals surface area contributed by atoms with Crippen LogP contribution in [0.25, 0.3) is 10.8 Å². The molecule has 0 aliphatic heterocycles. The van der Waals surface area contributed by atoms with E-state index >= 15 is 0 Å². The molecule has 2 aromatic carbocycles. The maximum atomic E-state index is 9.07. The van der Waals surface area contributed by atoms with Gasteiger partial charge in [0.05, 0.1) is 22.5 Å². The number of fused-ring (bicyclic) bond motifs is 1. The van der Waals surface area contributed by atoms with Crippen molar-refractivity contribution in [3.63, 3.8) is 0 Å². The number of nitrogen functional groups attached to an aromatic ring is 2. The fourth-order valence-corrected chi connectivity index (χ4v) is 1.72. The van der Waals surface area contributed by atoms with Crippen LogP contribution in [0.15, 0.2) is 24.3 Å². The number of anilines is 2. The fourth-order valence-electron chi connectivity index (χ4n) is 1.72. The summed E-state index contributed by atoms with van der Waals surface area (Å²) in [5.74, 6) is 0. The minimum Gasteiger partial charge on any atom is -0.397 e. The van der Waals surface area contributed by atoms with Gasteiger partial charge in [-0.05, 0) is 0 Å². The summed E-state index contributed by atoms with van der Waals surface area (Å²) in [6, 6.07) is 11.1. The molecule has 0 unspecified atom stereocenters. The molecule has 76 valence electrons. The number of hydrogen-bond donors (Lipinski definition) is 2. The third kappa shape index (κ3) is 1.14. The molecule has 0 aromatic heterocycles. The Balaban J connectivity index is 3.10. The van der Waals surface area contributed by atoms with Crippen molar-refractivity contribution in [3.05, 3.63) is 35.4 Å². The SMILES string of the molecule is N#Cc1c(N)c(N)c2ccccc2c1C#N. The van der Waals surface area contributed by atoms with Crippen molar-refractivity contribution < 1.29 is 0 Å². The van der Waals surface area contributed by atoms with Gasteiger partial charge in [0.1, 0.15) is 12.1 Å². The van der Waals surface area contributed by atoms with Gasteiger partial charge in [0.15, 0.2) is 0 Å². The molecule has 0 amide bonds. The van der Waals surface area contributed by atoms with Gasteiger partial charge in [-0.25, -0.2) is 0 Å². The summed E-state index contributed by atoms with van der Waals surface area (Å²) in [4.78, 5) is 0. The smallest absolute Gasteiger partial charge is 0.103 e. The summed E-state index contributed by atoms with van der Waals surface area (Å²) in [5.41, 5.74) is 12.5. The Hall–Kier alpha value is -2.72. The van der Waals surface area contributed by atoms with Gasteiger partial charge in [-0.2, -0.15) is 10.5 Å². The Morgan fingerprint density at radius 3 is 1.94 bits per heavy atom. The molecular weight excluding hydrogens is 200 g/mol. The maximum absolute atomic E-state index is 9.07. The third-order valence-corrected chi connectivity index (χ3v) is 2.52. The topological polar surface area (TPSA) is 99.6 Å². The first kappa shape index (κ1) is 9.82. The Kier molecular flexibility index (Phi) is 2.12. The summed E-state index contributed by atoms with van der Waals surface area (Å²) in [6.07, 6.45) is 0. The molecule has 0 atom stereocenters. The van der Waals surface area contributed by atoms with Crippen molar-refractivity contribution in [1.82, 2.24) is 0 Å². The predicted octanol–water partition coefficient (Wildman–Crippen LogP) is 1.75. The van der Waals surface area contributed by atoms with Crippen LogP contribution in [0.3, 0.4) is 0 Å². The van der Waals surface area contributed by atoms with Crippen LogP contribution in [0.2, 0.25) is 0 Å². The van der Waals surface area contributed by atoms with E-state index in [1.54, 1.807) is 18.2 Å². The van der Waals surface area contributed by atoms with Gasteiger partial charge in [-0.1, -0.05) is 24.3 Å². The lowest BCUT2D eigenvalue weighted by Crippen LogP contribution is -2.02. The molecule has 0 bridgehead atoms. The molecule has 0 aliphatic rings. The highest BCUT2D eigenvalue weighted by Gasteiger charge is 2.14. The van der Waals surface area contributed by atoms with Crippen molar-refractivity contribution >= 4 is 22.1 Å². The minimum absolute atomic E-state index is 0.152. The summed E-state index contributed by atoms with van der Waals surface area (Å²) < 4.78 is 0. The van der Waals surface area contributed by atoms with Crippen LogP contribution in [-0.2, 0) is 0 Å². The Labute approximate surface area is 92.3 Å². The number of benzene rings is 2. The average molecular weight is 208 g/mol. The van der Waals surface area contributed by atoms with E-state index < -0.39 is 0 Å². The normalized spacial score (nSPS) is 9.62. The molecule has 4 heteroatoms. The monoisotopic (exact) mass is 208 g/mol. The number of nitrogens with two attached hydrogens (primary N) is 2.